The number of para-hydroxylation sites is 1. The molecule has 2 bridgehead atoms. The lowest BCUT2D eigenvalue weighted by Crippen LogP contribution is -2.42. The van der Waals surface area contributed by atoms with Crippen molar-refractivity contribution >= 4 is 11.0 Å². The smallest absolute Gasteiger partial charge is 0.167 e. The van der Waals surface area contributed by atoms with Crippen LogP contribution in [0, 0.1) is 5.82 Å². The fourth-order valence-corrected chi connectivity index (χ4v) is 5.35. The highest BCUT2D eigenvalue weighted by molar-refractivity contribution is 5.79. The molecule has 3 nitrogen and oxygen atoms in total. The molecule has 4 heteroatoms. The molecule has 0 saturated carbocycles. The summed E-state index contributed by atoms with van der Waals surface area (Å²) >= 11 is 0. The summed E-state index contributed by atoms with van der Waals surface area (Å²) in [4.78, 5) is 2.75. The highest BCUT2D eigenvalue weighted by atomic mass is 19.1. The second-order valence-electron chi connectivity index (χ2n) is 8.43. The van der Waals surface area contributed by atoms with E-state index in [0.29, 0.717) is 18.0 Å². The second kappa shape index (κ2) is 7.67. The predicted octanol–water partition coefficient (Wildman–Crippen LogP) is 5.70. The fourth-order valence-electron chi connectivity index (χ4n) is 5.35. The molecule has 1 aromatic heterocycles. The van der Waals surface area contributed by atoms with Crippen LogP contribution in [0.3, 0.4) is 0 Å². The summed E-state index contributed by atoms with van der Waals surface area (Å²) in [5, 5.41) is 5.41. The Kier molecular flexibility index (Phi) is 4.89. The molecule has 2 aromatic carbocycles. The van der Waals surface area contributed by atoms with Crippen molar-refractivity contribution in [3.63, 3.8) is 0 Å². The third-order valence-corrected chi connectivity index (χ3v) is 6.76. The van der Waals surface area contributed by atoms with E-state index < -0.39 is 0 Å². The van der Waals surface area contributed by atoms with Crippen molar-refractivity contribution in [2.24, 2.45) is 0 Å². The predicted molar refractivity (Wildman–Crippen MR) is 109 cm³/mol. The van der Waals surface area contributed by atoms with E-state index in [2.05, 4.69) is 16.1 Å². The first-order valence-corrected chi connectivity index (χ1v) is 10.6. The van der Waals surface area contributed by atoms with Crippen molar-refractivity contribution in [1.29, 1.82) is 0 Å². The molecular formula is C24H27FN2O. The van der Waals surface area contributed by atoms with Gasteiger partial charge in [-0.05, 0) is 87.2 Å². The Morgan fingerprint density at radius 2 is 1.71 bits per heavy atom. The van der Waals surface area contributed by atoms with Gasteiger partial charge in [-0.15, -0.1) is 0 Å². The SMILES string of the molecule is Fc1ccc(C2CC3CCC(C2)N3CCCCc2noc3ccccc23)cc1. The van der Waals surface area contributed by atoms with Crippen LogP contribution < -0.4 is 0 Å². The number of unbranched alkanes of at least 4 members (excludes halogenated alkanes) is 1. The monoisotopic (exact) mass is 378 g/mol. The van der Waals surface area contributed by atoms with Gasteiger partial charge in [-0.2, -0.15) is 0 Å². The number of hydrogen-bond acceptors (Lipinski definition) is 3. The van der Waals surface area contributed by atoms with Crippen molar-refractivity contribution in [3.05, 3.63) is 65.6 Å². The highest BCUT2D eigenvalue weighted by Crippen LogP contribution is 2.43. The van der Waals surface area contributed by atoms with Gasteiger partial charge in [-0.25, -0.2) is 4.39 Å². The summed E-state index contributed by atoms with van der Waals surface area (Å²) in [6.45, 7) is 1.18. The maximum absolute atomic E-state index is 13.2. The fraction of sp³-hybridized carbons (Fsp3) is 0.458. The zero-order valence-electron chi connectivity index (χ0n) is 16.2. The number of aromatic nitrogens is 1. The van der Waals surface area contributed by atoms with Crippen molar-refractivity contribution in [3.8, 4) is 0 Å². The van der Waals surface area contributed by atoms with Crippen LogP contribution in [0.5, 0.6) is 0 Å². The van der Waals surface area contributed by atoms with Crippen molar-refractivity contribution < 1.29 is 8.91 Å². The molecule has 2 fully saturated rings. The Hall–Kier alpha value is -2.20. The average Bonchev–Trinajstić information content (AvgIpc) is 3.23. The van der Waals surface area contributed by atoms with Crippen LogP contribution in [0.2, 0.25) is 0 Å². The molecule has 2 aliphatic heterocycles. The van der Waals surface area contributed by atoms with Gasteiger partial charge in [-0.1, -0.05) is 29.4 Å². The van der Waals surface area contributed by atoms with Gasteiger partial charge >= 0.3 is 0 Å². The molecule has 2 saturated heterocycles. The van der Waals surface area contributed by atoms with E-state index in [-0.39, 0.29) is 5.82 Å². The van der Waals surface area contributed by atoms with Crippen LogP contribution in [-0.2, 0) is 6.42 Å². The third-order valence-electron chi connectivity index (χ3n) is 6.76. The molecule has 2 atom stereocenters. The molecule has 0 spiro atoms. The van der Waals surface area contributed by atoms with Gasteiger partial charge in [0.05, 0.1) is 5.69 Å². The van der Waals surface area contributed by atoms with E-state index in [4.69, 9.17) is 4.52 Å². The molecule has 0 N–H and O–H groups in total. The molecule has 3 aromatic rings. The quantitative estimate of drug-likeness (QED) is 0.515. The number of fused-ring (bicyclic) bond motifs is 3. The van der Waals surface area contributed by atoms with Crippen LogP contribution in [0.25, 0.3) is 11.0 Å². The molecule has 2 aliphatic rings. The number of rotatable bonds is 6. The van der Waals surface area contributed by atoms with E-state index in [1.807, 2.05) is 30.3 Å². The third kappa shape index (κ3) is 3.46. The van der Waals surface area contributed by atoms with Gasteiger partial charge in [0.25, 0.3) is 0 Å². The molecule has 0 amide bonds. The topological polar surface area (TPSA) is 29.3 Å². The van der Waals surface area contributed by atoms with Crippen LogP contribution in [0.1, 0.15) is 55.7 Å². The van der Waals surface area contributed by atoms with E-state index in [1.165, 1.54) is 44.2 Å². The summed E-state index contributed by atoms with van der Waals surface area (Å²) in [6, 6.07) is 16.7. The van der Waals surface area contributed by atoms with Crippen LogP contribution in [0.15, 0.2) is 53.1 Å². The van der Waals surface area contributed by atoms with Gasteiger partial charge in [0, 0.05) is 17.5 Å². The van der Waals surface area contributed by atoms with Gasteiger partial charge in [0.1, 0.15) is 5.82 Å². The van der Waals surface area contributed by atoms with Crippen LogP contribution in [0.4, 0.5) is 4.39 Å². The molecule has 0 aliphatic carbocycles. The summed E-state index contributed by atoms with van der Waals surface area (Å²) in [5.74, 6) is 0.458. The summed E-state index contributed by atoms with van der Waals surface area (Å²) < 4.78 is 18.6. The first kappa shape index (κ1) is 17.9. The lowest BCUT2D eigenvalue weighted by molar-refractivity contribution is 0.124. The zero-order chi connectivity index (χ0) is 18.9. The van der Waals surface area contributed by atoms with Crippen LogP contribution in [-0.4, -0.2) is 28.7 Å². The van der Waals surface area contributed by atoms with E-state index in [0.717, 1.165) is 29.5 Å². The van der Waals surface area contributed by atoms with E-state index >= 15 is 0 Å². The van der Waals surface area contributed by atoms with Crippen molar-refractivity contribution in [2.45, 2.75) is 62.9 Å². The first-order chi connectivity index (χ1) is 13.8. The number of benzene rings is 2. The average molecular weight is 378 g/mol. The summed E-state index contributed by atoms with van der Waals surface area (Å²) in [5.41, 5.74) is 3.29. The minimum Gasteiger partial charge on any atom is -0.356 e. The molecule has 3 heterocycles. The Bertz CT molecular complexity index is 921. The van der Waals surface area contributed by atoms with Gasteiger partial charge < -0.3 is 4.52 Å². The van der Waals surface area contributed by atoms with Gasteiger partial charge in [0.2, 0.25) is 0 Å². The van der Waals surface area contributed by atoms with Crippen molar-refractivity contribution in [1.82, 2.24) is 10.1 Å². The lowest BCUT2D eigenvalue weighted by Gasteiger charge is -2.39. The second-order valence-corrected chi connectivity index (χ2v) is 8.43. The van der Waals surface area contributed by atoms with Crippen LogP contribution >= 0.6 is 0 Å². The summed E-state index contributed by atoms with van der Waals surface area (Å²) in [7, 11) is 0. The molecule has 0 radical (unpaired) electrons. The standard InChI is InChI=1S/C24H27FN2O/c25-19-10-8-17(9-11-19)18-15-20-12-13-21(16-18)27(20)14-4-3-6-23-22-5-1-2-7-24(22)28-26-23/h1-2,5,7-11,18,20-21H,3-4,6,12-16H2. The molecule has 146 valence electrons. The van der Waals surface area contributed by atoms with Crippen molar-refractivity contribution in [2.75, 3.05) is 6.54 Å². The number of hydrogen-bond donors (Lipinski definition) is 0. The maximum Gasteiger partial charge on any atom is 0.167 e. The summed E-state index contributed by atoms with van der Waals surface area (Å²) in [6.07, 6.45) is 8.40. The number of nitrogens with zero attached hydrogens (tertiary/aromatic N) is 2. The molecule has 5 rings (SSSR count). The molecule has 28 heavy (non-hydrogen) atoms. The Morgan fingerprint density at radius 3 is 2.50 bits per heavy atom. The Balaban J connectivity index is 1.15. The Labute approximate surface area is 165 Å². The molecule has 2 unspecified atom stereocenters. The normalized spacial score (nSPS) is 24.8. The minimum absolute atomic E-state index is 0.135. The van der Waals surface area contributed by atoms with E-state index in [1.54, 1.807) is 12.1 Å². The lowest BCUT2D eigenvalue weighted by atomic mass is 9.85. The first-order valence-electron chi connectivity index (χ1n) is 10.6. The minimum atomic E-state index is -0.135. The van der Waals surface area contributed by atoms with Gasteiger partial charge in [-0.3, -0.25) is 4.90 Å². The molecular weight excluding hydrogens is 351 g/mol. The Morgan fingerprint density at radius 1 is 0.964 bits per heavy atom. The number of aryl methyl sites for hydroxylation is 1. The number of piperidine rings is 1. The zero-order valence-corrected chi connectivity index (χ0v) is 16.2. The maximum atomic E-state index is 13.2. The van der Waals surface area contributed by atoms with E-state index in [9.17, 15) is 4.39 Å². The van der Waals surface area contributed by atoms with Gasteiger partial charge in [0.15, 0.2) is 5.58 Å². The largest absolute Gasteiger partial charge is 0.356 e. The highest BCUT2D eigenvalue weighted by Gasteiger charge is 2.40. The number of halogens is 1.